The second-order valence-electron chi connectivity index (χ2n) is 7.65. The first-order valence-corrected chi connectivity index (χ1v) is 11.2. The summed E-state index contributed by atoms with van der Waals surface area (Å²) in [6.45, 7) is 5.62. The van der Waals surface area contributed by atoms with Gasteiger partial charge < -0.3 is 14.4 Å². The Morgan fingerprint density at radius 2 is 1.79 bits per heavy atom. The van der Waals surface area contributed by atoms with Crippen LogP contribution in [-0.2, 0) is 21.2 Å². The van der Waals surface area contributed by atoms with Crippen molar-refractivity contribution in [3.05, 3.63) is 42.0 Å². The van der Waals surface area contributed by atoms with E-state index in [1.54, 1.807) is 17.0 Å². The average Bonchev–Trinajstić information content (AvgIpc) is 2.69. The largest absolute Gasteiger partial charge is 0.486 e. The molecule has 2 aromatic carbocycles. The number of benzene rings is 2. The first-order valence-electron chi connectivity index (χ1n) is 9.69. The van der Waals surface area contributed by atoms with Crippen LogP contribution in [0.15, 0.2) is 41.3 Å². The Labute approximate surface area is 170 Å². The maximum Gasteiger partial charge on any atom is 0.262 e. The predicted molar refractivity (Wildman–Crippen MR) is 110 cm³/mol. The van der Waals surface area contributed by atoms with Crippen LogP contribution in [0, 0.1) is 5.92 Å². The van der Waals surface area contributed by atoms with Gasteiger partial charge in [0, 0.05) is 30.4 Å². The summed E-state index contributed by atoms with van der Waals surface area (Å²) in [6, 6.07) is 9.89. The lowest BCUT2D eigenvalue weighted by atomic mass is 9.99. The van der Waals surface area contributed by atoms with Gasteiger partial charge in [0.15, 0.2) is 11.5 Å². The van der Waals surface area contributed by atoms with Crippen molar-refractivity contribution < 1.29 is 22.7 Å². The topological polar surface area (TPSA) is 84.9 Å². The molecule has 0 aliphatic carbocycles. The number of amides is 1. The quantitative estimate of drug-likeness (QED) is 0.809. The summed E-state index contributed by atoms with van der Waals surface area (Å²) >= 11 is 0. The van der Waals surface area contributed by atoms with E-state index in [4.69, 9.17) is 9.47 Å². The number of carbonyl (C=O) groups excluding carboxylic acids is 1. The fraction of sp³-hybridized carbons (Fsp3) is 0.381. The maximum absolute atomic E-state index is 12.8. The Morgan fingerprint density at radius 1 is 1.03 bits per heavy atom. The molecule has 154 valence electrons. The molecule has 0 aromatic heterocycles. The lowest BCUT2D eigenvalue weighted by Gasteiger charge is -2.31. The van der Waals surface area contributed by atoms with Crippen LogP contribution in [-0.4, -0.2) is 34.1 Å². The monoisotopic (exact) mass is 416 g/mol. The van der Waals surface area contributed by atoms with Gasteiger partial charge >= 0.3 is 0 Å². The van der Waals surface area contributed by atoms with Gasteiger partial charge in [-0.15, -0.1) is 0 Å². The van der Waals surface area contributed by atoms with Gasteiger partial charge in [0.25, 0.3) is 10.0 Å². The molecular weight excluding hydrogens is 392 g/mol. The molecule has 8 heteroatoms. The van der Waals surface area contributed by atoms with E-state index in [9.17, 15) is 13.2 Å². The molecule has 0 atom stereocenters. The number of sulfonamides is 1. The zero-order valence-corrected chi connectivity index (χ0v) is 17.3. The number of nitrogens with one attached hydrogen (secondary N) is 1. The van der Waals surface area contributed by atoms with Gasteiger partial charge in [0.1, 0.15) is 13.2 Å². The number of ether oxygens (including phenoxy) is 2. The van der Waals surface area contributed by atoms with E-state index in [1.165, 1.54) is 12.1 Å². The zero-order chi connectivity index (χ0) is 20.6. The summed E-state index contributed by atoms with van der Waals surface area (Å²) in [7, 11) is -3.78. The zero-order valence-electron chi connectivity index (χ0n) is 16.5. The third-order valence-electron chi connectivity index (χ3n) is 4.90. The Morgan fingerprint density at radius 3 is 2.55 bits per heavy atom. The summed E-state index contributed by atoms with van der Waals surface area (Å²) in [5.74, 6) is 1.42. The number of hydrogen-bond acceptors (Lipinski definition) is 5. The summed E-state index contributed by atoms with van der Waals surface area (Å²) in [4.78, 5) is 14.2. The highest BCUT2D eigenvalue weighted by Crippen LogP contribution is 2.34. The van der Waals surface area contributed by atoms with E-state index in [2.05, 4.69) is 18.6 Å². The Kier molecular flexibility index (Phi) is 5.12. The fourth-order valence-corrected chi connectivity index (χ4v) is 4.66. The lowest BCUT2D eigenvalue weighted by Crippen LogP contribution is -2.37. The molecule has 2 aromatic rings. The average molecular weight is 416 g/mol. The van der Waals surface area contributed by atoms with Crippen molar-refractivity contribution in [3.63, 3.8) is 0 Å². The van der Waals surface area contributed by atoms with Crippen LogP contribution in [0.5, 0.6) is 11.5 Å². The molecule has 0 unspecified atom stereocenters. The molecule has 1 amide bonds. The number of carbonyl (C=O) groups is 1. The normalized spacial score (nSPS) is 16.0. The van der Waals surface area contributed by atoms with E-state index < -0.39 is 10.0 Å². The first-order chi connectivity index (χ1) is 13.8. The maximum atomic E-state index is 12.8. The van der Waals surface area contributed by atoms with Crippen LogP contribution in [0.3, 0.4) is 0 Å². The lowest BCUT2D eigenvalue weighted by molar-refractivity contribution is -0.119. The highest BCUT2D eigenvalue weighted by molar-refractivity contribution is 7.92. The minimum absolute atomic E-state index is 0.107. The van der Waals surface area contributed by atoms with Gasteiger partial charge in [-0.1, -0.05) is 13.8 Å². The van der Waals surface area contributed by atoms with Gasteiger partial charge in [0.05, 0.1) is 4.90 Å². The SMILES string of the molecule is CC(C)CN1C(=O)CCc2cc(NS(=O)(=O)c3ccc4c(c3)OCCO4)ccc21. The van der Waals surface area contributed by atoms with Gasteiger partial charge in [0.2, 0.25) is 5.91 Å². The van der Waals surface area contributed by atoms with Gasteiger partial charge in [-0.2, -0.15) is 0 Å². The van der Waals surface area contributed by atoms with Crippen molar-refractivity contribution in [3.8, 4) is 11.5 Å². The van der Waals surface area contributed by atoms with Crippen molar-refractivity contribution in [2.75, 3.05) is 29.4 Å². The highest BCUT2D eigenvalue weighted by Gasteiger charge is 2.26. The number of fused-ring (bicyclic) bond motifs is 2. The third-order valence-corrected chi connectivity index (χ3v) is 6.28. The molecule has 0 radical (unpaired) electrons. The standard InChI is InChI=1S/C21H24N2O5S/c1-14(2)13-23-18-6-4-16(11-15(18)3-8-21(23)24)22-29(25,26)17-5-7-19-20(12-17)28-10-9-27-19/h4-7,11-12,14,22H,3,8-10,13H2,1-2H3. The molecular formula is C21H24N2O5S. The van der Waals surface area contributed by atoms with Crippen molar-refractivity contribution in [1.82, 2.24) is 0 Å². The molecule has 2 aliphatic heterocycles. The Hall–Kier alpha value is -2.74. The number of hydrogen-bond donors (Lipinski definition) is 1. The van der Waals surface area contributed by atoms with Gasteiger partial charge in [-0.05, 0) is 48.2 Å². The van der Waals surface area contributed by atoms with E-state index in [0.29, 0.717) is 55.7 Å². The third kappa shape index (κ3) is 4.03. The molecule has 0 saturated heterocycles. The minimum atomic E-state index is -3.78. The van der Waals surface area contributed by atoms with Crippen LogP contribution in [0.4, 0.5) is 11.4 Å². The van der Waals surface area contributed by atoms with Crippen LogP contribution in [0.1, 0.15) is 25.8 Å². The molecule has 0 fully saturated rings. The molecule has 2 heterocycles. The summed E-state index contributed by atoms with van der Waals surface area (Å²) in [5, 5.41) is 0. The molecule has 0 bridgehead atoms. The van der Waals surface area contributed by atoms with E-state index in [1.807, 2.05) is 12.1 Å². The molecule has 0 spiro atoms. The first kappa shape index (κ1) is 19.6. The highest BCUT2D eigenvalue weighted by atomic mass is 32.2. The predicted octanol–water partition coefficient (Wildman–Crippen LogP) is 3.19. The second kappa shape index (κ2) is 7.59. The fourth-order valence-electron chi connectivity index (χ4n) is 3.59. The van der Waals surface area contributed by atoms with Crippen molar-refractivity contribution >= 4 is 27.3 Å². The van der Waals surface area contributed by atoms with Crippen LogP contribution >= 0.6 is 0 Å². The summed E-state index contributed by atoms with van der Waals surface area (Å²) in [6.07, 6.45) is 1.03. The van der Waals surface area contributed by atoms with E-state index in [0.717, 1.165) is 11.3 Å². The van der Waals surface area contributed by atoms with Gasteiger partial charge in [-0.25, -0.2) is 8.42 Å². The minimum Gasteiger partial charge on any atom is -0.486 e. The second-order valence-corrected chi connectivity index (χ2v) is 9.34. The number of anilines is 2. The van der Waals surface area contributed by atoms with Crippen LogP contribution < -0.4 is 19.1 Å². The Bertz CT molecular complexity index is 1050. The summed E-state index contributed by atoms with van der Waals surface area (Å²) in [5.41, 5.74) is 2.29. The molecule has 1 N–H and O–H groups in total. The van der Waals surface area contributed by atoms with E-state index in [-0.39, 0.29) is 10.8 Å². The smallest absolute Gasteiger partial charge is 0.262 e. The Balaban J connectivity index is 1.59. The molecule has 0 saturated carbocycles. The van der Waals surface area contributed by atoms with Gasteiger partial charge in [-0.3, -0.25) is 9.52 Å². The molecule has 2 aliphatic rings. The van der Waals surface area contributed by atoms with Crippen molar-refractivity contribution in [2.45, 2.75) is 31.6 Å². The molecule has 7 nitrogen and oxygen atoms in total. The number of rotatable bonds is 5. The van der Waals surface area contributed by atoms with E-state index >= 15 is 0 Å². The summed E-state index contributed by atoms with van der Waals surface area (Å²) < 4.78 is 39.2. The number of aryl methyl sites for hydroxylation is 1. The number of nitrogens with zero attached hydrogens (tertiary/aromatic N) is 1. The molecule has 29 heavy (non-hydrogen) atoms. The van der Waals surface area contributed by atoms with Crippen LogP contribution in [0.2, 0.25) is 0 Å². The molecule has 4 rings (SSSR count). The van der Waals surface area contributed by atoms with Crippen molar-refractivity contribution in [2.24, 2.45) is 5.92 Å². The van der Waals surface area contributed by atoms with Crippen molar-refractivity contribution in [1.29, 1.82) is 0 Å². The van der Waals surface area contributed by atoms with Crippen LogP contribution in [0.25, 0.3) is 0 Å².